The highest BCUT2D eigenvalue weighted by atomic mass is 19.4. The predicted octanol–water partition coefficient (Wildman–Crippen LogP) is 1.32. The van der Waals surface area contributed by atoms with Gasteiger partial charge in [0, 0.05) is 51.0 Å². The van der Waals surface area contributed by atoms with Crippen LogP contribution in [0.5, 0.6) is 0 Å². The molecule has 0 radical (unpaired) electrons. The number of fused-ring (bicyclic) bond motifs is 1. The topological polar surface area (TPSA) is 111 Å². The maximum absolute atomic E-state index is 13.3. The lowest BCUT2D eigenvalue weighted by Crippen LogP contribution is -2.62. The van der Waals surface area contributed by atoms with Crippen LogP contribution < -0.4 is 15.8 Å². The van der Waals surface area contributed by atoms with Crippen LogP contribution in [-0.2, 0) is 11.0 Å². The lowest BCUT2D eigenvalue weighted by Gasteiger charge is -2.45. The molecule has 0 aromatic carbocycles. The van der Waals surface area contributed by atoms with Crippen LogP contribution in [0.3, 0.4) is 0 Å². The number of anilines is 1. The first-order chi connectivity index (χ1) is 17.0. The van der Waals surface area contributed by atoms with Gasteiger partial charge in [-0.05, 0) is 32.0 Å². The van der Waals surface area contributed by atoms with Crippen molar-refractivity contribution in [1.82, 2.24) is 35.1 Å². The Morgan fingerprint density at radius 2 is 1.86 bits per heavy atom. The Morgan fingerprint density at radius 1 is 1.11 bits per heavy atom. The summed E-state index contributed by atoms with van der Waals surface area (Å²) in [4.78, 5) is 29.9. The molecule has 5 heterocycles. The normalized spacial score (nSPS) is 19.9. The minimum absolute atomic E-state index is 0.125. The molecule has 0 bridgehead atoms. The van der Waals surface area contributed by atoms with Gasteiger partial charge in [0.05, 0.1) is 17.8 Å². The number of rotatable bonds is 4. The number of nitrogens with one attached hydrogen (secondary N) is 2. The van der Waals surface area contributed by atoms with Crippen molar-refractivity contribution in [2.24, 2.45) is 5.92 Å². The van der Waals surface area contributed by atoms with Crippen LogP contribution in [-0.4, -0.2) is 79.6 Å². The van der Waals surface area contributed by atoms with Gasteiger partial charge in [0.2, 0.25) is 0 Å². The summed E-state index contributed by atoms with van der Waals surface area (Å²) in [7, 11) is 0. The summed E-state index contributed by atoms with van der Waals surface area (Å²) in [6.45, 7) is 5.68. The number of aliphatic hydroxyl groups is 1. The van der Waals surface area contributed by atoms with Crippen molar-refractivity contribution in [3.8, 4) is 11.5 Å². The molecule has 10 nitrogen and oxygen atoms in total. The summed E-state index contributed by atoms with van der Waals surface area (Å²) >= 11 is 0. The monoisotopic (exact) mass is 504 g/mol. The van der Waals surface area contributed by atoms with E-state index in [2.05, 4.69) is 25.8 Å². The van der Waals surface area contributed by atoms with Crippen molar-refractivity contribution in [3.63, 3.8) is 0 Å². The molecule has 2 fully saturated rings. The molecule has 13 heteroatoms. The lowest BCUT2D eigenvalue weighted by molar-refractivity contribution is -0.151. The minimum Gasteiger partial charge on any atom is -0.381 e. The highest BCUT2D eigenvalue weighted by Gasteiger charge is 2.41. The molecule has 3 aromatic rings. The lowest BCUT2D eigenvalue weighted by atomic mass is 9.94. The molecule has 0 spiro atoms. The van der Waals surface area contributed by atoms with Crippen molar-refractivity contribution in [2.75, 3.05) is 37.6 Å². The zero-order chi connectivity index (χ0) is 25.7. The molecule has 2 aliphatic rings. The van der Waals surface area contributed by atoms with Crippen molar-refractivity contribution < 1.29 is 23.1 Å². The highest BCUT2D eigenvalue weighted by molar-refractivity contribution is 5.84. The summed E-state index contributed by atoms with van der Waals surface area (Å²) in [6.07, 6.45) is -0.484. The van der Waals surface area contributed by atoms with Gasteiger partial charge in [-0.3, -0.25) is 20.0 Å². The molecule has 192 valence electrons. The standard InChI is InChI=1S/C23H27F3N8O2/c1-22(2,36)21(35)33-8-7-32(13-17(33)14-9-29-30-10-14)19-5-6-27-20(31-19)16-11-28-18-4-3-15(12-34(16)18)23(24,25)26/h3-6,11-12,14,17,29-30,36H,7-10,13H2,1-2H3. The molecular formula is C23H27F3N8O2. The van der Waals surface area contributed by atoms with Crippen molar-refractivity contribution >= 4 is 17.4 Å². The summed E-state index contributed by atoms with van der Waals surface area (Å²) in [5.74, 6) is 0.643. The van der Waals surface area contributed by atoms with Crippen LogP contribution in [0.15, 0.2) is 36.8 Å². The molecular weight excluding hydrogens is 477 g/mol. The first kappa shape index (κ1) is 24.4. The van der Waals surface area contributed by atoms with Crippen LogP contribution in [0, 0.1) is 5.92 Å². The number of carbonyl (C=O) groups is 1. The van der Waals surface area contributed by atoms with Crippen LogP contribution in [0.25, 0.3) is 17.2 Å². The third-order valence-electron chi connectivity index (χ3n) is 6.63. The van der Waals surface area contributed by atoms with E-state index in [1.165, 1.54) is 30.5 Å². The van der Waals surface area contributed by atoms with Crippen LogP contribution >= 0.6 is 0 Å². The Balaban J connectivity index is 1.45. The maximum atomic E-state index is 13.3. The Morgan fingerprint density at radius 3 is 2.56 bits per heavy atom. The zero-order valence-electron chi connectivity index (χ0n) is 19.8. The second kappa shape index (κ2) is 8.98. The number of nitrogens with zero attached hydrogens (tertiary/aromatic N) is 6. The fraction of sp³-hybridized carbons (Fsp3) is 0.478. The number of piperazine rings is 1. The average molecular weight is 505 g/mol. The fourth-order valence-corrected chi connectivity index (χ4v) is 4.74. The molecule has 1 atom stereocenters. The van der Waals surface area contributed by atoms with Gasteiger partial charge in [-0.1, -0.05) is 0 Å². The average Bonchev–Trinajstić information content (AvgIpc) is 3.52. The summed E-state index contributed by atoms with van der Waals surface area (Å²) in [6, 6.07) is 3.86. The van der Waals surface area contributed by atoms with Gasteiger partial charge in [-0.15, -0.1) is 0 Å². The summed E-state index contributed by atoms with van der Waals surface area (Å²) < 4.78 is 41.1. The second-order valence-corrected chi connectivity index (χ2v) is 9.62. The minimum atomic E-state index is -4.49. The Labute approximate surface area is 205 Å². The molecule has 3 aromatic heterocycles. The molecule has 0 aliphatic carbocycles. The predicted molar refractivity (Wildman–Crippen MR) is 125 cm³/mol. The first-order valence-corrected chi connectivity index (χ1v) is 11.6. The largest absolute Gasteiger partial charge is 0.417 e. The molecule has 2 saturated heterocycles. The van der Waals surface area contributed by atoms with Gasteiger partial charge in [0.1, 0.15) is 22.8 Å². The van der Waals surface area contributed by atoms with E-state index in [4.69, 9.17) is 0 Å². The Hall–Kier alpha value is -3.29. The third kappa shape index (κ3) is 4.61. The van der Waals surface area contributed by atoms with Crippen LogP contribution in [0.2, 0.25) is 0 Å². The number of amides is 1. The van der Waals surface area contributed by atoms with Gasteiger partial charge in [-0.2, -0.15) is 13.2 Å². The Bertz CT molecular complexity index is 1270. The number of aromatic nitrogens is 4. The SMILES string of the molecule is CC(C)(O)C(=O)N1CCN(c2ccnc(-c3cnc4ccc(C(F)(F)F)cn34)n2)CC1C1CNNC1. The van der Waals surface area contributed by atoms with Crippen LogP contribution in [0.1, 0.15) is 19.4 Å². The number of imidazole rings is 1. The maximum Gasteiger partial charge on any atom is 0.417 e. The first-order valence-electron chi connectivity index (χ1n) is 11.6. The van der Waals surface area contributed by atoms with Gasteiger partial charge in [-0.25, -0.2) is 15.0 Å². The molecule has 2 aliphatic heterocycles. The van der Waals surface area contributed by atoms with Gasteiger partial charge >= 0.3 is 6.18 Å². The molecule has 1 unspecified atom stereocenters. The van der Waals surface area contributed by atoms with E-state index in [0.29, 0.717) is 49.9 Å². The molecule has 0 saturated carbocycles. The van der Waals surface area contributed by atoms with Crippen molar-refractivity contribution in [3.05, 3.63) is 42.4 Å². The fourth-order valence-electron chi connectivity index (χ4n) is 4.74. The van der Waals surface area contributed by atoms with Gasteiger partial charge in [0.25, 0.3) is 5.91 Å². The molecule has 36 heavy (non-hydrogen) atoms. The number of hydrogen-bond acceptors (Lipinski definition) is 8. The zero-order valence-corrected chi connectivity index (χ0v) is 19.8. The molecule has 5 rings (SSSR count). The van der Waals surface area contributed by atoms with Gasteiger partial charge < -0.3 is 14.9 Å². The number of hydrogen-bond donors (Lipinski definition) is 3. The highest BCUT2D eigenvalue weighted by Crippen LogP contribution is 2.31. The van der Waals surface area contributed by atoms with E-state index >= 15 is 0 Å². The number of alkyl halides is 3. The van der Waals surface area contributed by atoms with E-state index in [1.807, 2.05) is 4.90 Å². The van der Waals surface area contributed by atoms with Crippen molar-refractivity contribution in [2.45, 2.75) is 31.7 Å². The third-order valence-corrected chi connectivity index (χ3v) is 6.63. The summed E-state index contributed by atoms with van der Waals surface area (Å²) in [5.41, 5.74) is 4.61. The number of hydrazine groups is 1. The van der Waals surface area contributed by atoms with Gasteiger partial charge in [0.15, 0.2) is 5.82 Å². The smallest absolute Gasteiger partial charge is 0.381 e. The van der Waals surface area contributed by atoms with E-state index < -0.39 is 17.3 Å². The quantitative estimate of drug-likeness (QED) is 0.488. The number of pyridine rings is 1. The van der Waals surface area contributed by atoms with E-state index in [0.717, 1.165) is 12.3 Å². The van der Waals surface area contributed by atoms with E-state index in [-0.39, 0.29) is 23.7 Å². The number of carbonyl (C=O) groups excluding carboxylic acids is 1. The molecule has 3 N–H and O–H groups in total. The summed E-state index contributed by atoms with van der Waals surface area (Å²) in [5, 5.41) is 10.3. The van der Waals surface area contributed by atoms with E-state index in [1.54, 1.807) is 17.2 Å². The molecule has 1 amide bonds. The second-order valence-electron chi connectivity index (χ2n) is 9.62. The van der Waals surface area contributed by atoms with Crippen LogP contribution in [0.4, 0.5) is 19.0 Å². The Kier molecular flexibility index (Phi) is 6.09. The number of halogens is 3. The van der Waals surface area contributed by atoms with Crippen molar-refractivity contribution in [1.29, 1.82) is 0 Å². The van der Waals surface area contributed by atoms with E-state index in [9.17, 15) is 23.1 Å².